The maximum Gasteiger partial charge on any atom is 0.328 e. The van der Waals surface area contributed by atoms with Gasteiger partial charge in [-0.2, -0.15) is 11.8 Å². The number of rotatable bonds is 4. The number of benzene rings is 1. The Morgan fingerprint density at radius 3 is 3.16 bits per heavy atom. The Hall–Kier alpha value is -1.26. The first kappa shape index (κ1) is 14.2. The second kappa shape index (κ2) is 6.78. The van der Waals surface area contributed by atoms with Gasteiger partial charge in [0, 0.05) is 36.7 Å². The fourth-order valence-electron chi connectivity index (χ4n) is 2.19. The largest absolute Gasteiger partial charge is 0.478 e. The first-order valence-corrected chi connectivity index (χ1v) is 7.62. The summed E-state index contributed by atoms with van der Waals surface area (Å²) in [6, 6.07) is 8.69. The van der Waals surface area contributed by atoms with Crippen LogP contribution in [0.4, 0.5) is 0 Å². The molecule has 1 aromatic carbocycles. The molecule has 1 aliphatic rings. The van der Waals surface area contributed by atoms with Crippen LogP contribution in [-0.2, 0) is 11.3 Å². The number of nitrogens with zero attached hydrogens (tertiary/aromatic N) is 1. The lowest BCUT2D eigenvalue weighted by Gasteiger charge is -2.33. The third kappa shape index (κ3) is 4.40. The van der Waals surface area contributed by atoms with Gasteiger partial charge in [0.15, 0.2) is 0 Å². The number of thioether (sulfide) groups is 1. The first-order valence-electron chi connectivity index (χ1n) is 6.47. The Kier molecular flexibility index (Phi) is 5.05. The highest BCUT2D eigenvalue weighted by Gasteiger charge is 2.18. The van der Waals surface area contributed by atoms with E-state index in [0.717, 1.165) is 18.7 Å². The van der Waals surface area contributed by atoms with Gasteiger partial charge in [0.25, 0.3) is 0 Å². The quantitative estimate of drug-likeness (QED) is 0.859. The van der Waals surface area contributed by atoms with Crippen molar-refractivity contribution in [1.82, 2.24) is 4.90 Å². The summed E-state index contributed by atoms with van der Waals surface area (Å²) in [6.45, 7) is 4.33. The summed E-state index contributed by atoms with van der Waals surface area (Å²) in [5, 5.41) is 8.64. The van der Waals surface area contributed by atoms with E-state index >= 15 is 0 Å². The van der Waals surface area contributed by atoms with Gasteiger partial charge in [0.2, 0.25) is 0 Å². The maximum absolute atomic E-state index is 10.5. The summed E-state index contributed by atoms with van der Waals surface area (Å²) in [6.07, 6.45) is 2.82. The number of hydrogen-bond acceptors (Lipinski definition) is 3. The molecule has 0 amide bonds. The van der Waals surface area contributed by atoms with Crippen LogP contribution in [0.3, 0.4) is 0 Å². The highest BCUT2D eigenvalue weighted by molar-refractivity contribution is 7.99. The van der Waals surface area contributed by atoms with Crippen LogP contribution in [0.1, 0.15) is 18.1 Å². The average molecular weight is 277 g/mol. The maximum atomic E-state index is 10.5. The minimum Gasteiger partial charge on any atom is -0.478 e. The summed E-state index contributed by atoms with van der Waals surface area (Å²) >= 11 is 2.01. The third-order valence-corrected chi connectivity index (χ3v) is 4.45. The molecule has 0 aliphatic carbocycles. The minimum absolute atomic E-state index is 0.608. The smallest absolute Gasteiger partial charge is 0.328 e. The monoisotopic (exact) mass is 277 g/mol. The molecule has 3 nitrogen and oxygen atoms in total. The lowest BCUT2D eigenvalue weighted by atomic mass is 10.1. The van der Waals surface area contributed by atoms with Crippen molar-refractivity contribution in [3.05, 3.63) is 41.5 Å². The van der Waals surface area contributed by atoms with E-state index < -0.39 is 5.97 Å². The molecule has 19 heavy (non-hydrogen) atoms. The van der Waals surface area contributed by atoms with Crippen LogP contribution in [0.25, 0.3) is 6.08 Å². The number of hydrogen-bond donors (Lipinski definition) is 1. The van der Waals surface area contributed by atoms with Gasteiger partial charge in [-0.1, -0.05) is 24.3 Å². The van der Waals surface area contributed by atoms with Crippen molar-refractivity contribution in [2.75, 3.05) is 18.1 Å². The van der Waals surface area contributed by atoms with E-state index in [4.69, 9.17) is 5.11 Å². The fraction of sp³-hybridized carbons (Fsp3) is 0.400. The van der Waals surface area contributed by atoms with E-state index in [1.165, 1.54) is 23.1 Å². The molecule has 0 spiro atoms. The van der Waals surface area contributed by atoms with Gasteiger partial charge in [-0.15, -0.1) is 0 Å². The molecule has 102 valence electrons. The van der Waals surface area contributed by atoms with E-state index in [1.54, 1.807) is 6.08 Å². The standard InChI is InChI=1S/C15H19NO2S/c1-12-11-19-8-7-16(12)10-14-4-2-3-13(9-14)5-6-15(17)18/h2-6,9,12H,7-8,10-11H2,1H3,(H,17,18). The zero-order valence-electron chi connectivity index (χ0n) is 11.1. The molecule has 1 aliphatic heterocycles. The van der Waals surface area contributed by atoms with Crippen LogP contribution in [0.5, 0.6) is 0 Å². The summed E-state index contributed by atoms with van der Waals surface area (Å²) in [4.78, 5) is 13.0. The SMILES string of the molecule is CC1CSCCN1Cc1cccc(C=CC(=O)O)c1. The molecule has 1 fully saturated rings. The molecule has 1 atom stereocenters. The molecular formula is C15H19NO2S. The van der Waals surface area contributed by atoms with Crippen molar-refractivity contribution in [2.45, 2.75) is 19.5 Å². The number of carbonyl (C=O) groups is 1. The van der Waals surface area contributed by atoms with Crippen molar-refractivity contribution >= 4 is 23.8 Å². The van der Waals surface area contributed by atoms with Gasteiger partial charge in [0.1, 0.15) is 0 Å². The second-order valence-electron chi connectivity index (χ2n) is 4.81. The molecule has 0 radical (unpaired) electrons. The summed E-state index contributed by atoms with van der Waals surface area (Å²) in [5.74, 6) is 1.48. The average Bonchev–Trinajstić information content (AvgIpc) is 2.40. The highest BCUT2D eigenvalue weighted by Crippen LogP contribution is 2.19. The van der Waals surface area contributed by atoms with Crippen molar-refractivity contribution in [1.29, 1.82) is 0 Å². The minimum atomic E-state index is -0.910. The molecule has 1 unspecified atom stereocenters. The normalized spacial score (nSPS) is 20.8. The summed E-state index contributed by atoms with van der Waals surface area (Å²) in [7, 11) is 0. The van der Waals surface area contributed by atoms with Crippen LogP contribution in [0.15, 0.2) is 30.3 Å². The first-order chi connectivity index (χ1) is 9.15. The van der Waals surface area contributed by atoms with Crippen molar-refractivity contribution in [3.8, 4) is 0 Å². The highest BCUT2D eigenvalue weighted by atomic mass is 32.2. The zero-order chi connectivity index (χ0) is 13.7. The van der Waals surface area contributed by atoms with E-state index in [-0.39, 0.29) is 0 Å². The van der Waals surface area contributed by atoms with Gasteiger partial charge in [-0.25, -0.2) is 4.79 Å². The lowest BCUT2D eigenvalue weighted by Crippen LogP contribution is -2.39. The van der Waals surface area contributed by atoms with Crippen LogP contribution in [0.2, 0.25) is 0 Å². The third-order valence-electron chi connectivity index (χ3n) is 3.26. The van der Waals surface area contributed by atoms with E-state index in [1.807, 2.05) is 23.9 Å². The second-order valence-corrected chi connectivity index (χ2v) is 5.96. The van der Waals surface area contributed by atoms with Crippen LogP contribution in [0, 0.1) is 0 Å². The van der Waals surface area contributed by atoms with Crippen molar-refractivity contribution in [3.63, 3.8) is 0 Å². The van der Waals surface area contributed by atoms with Gasteiger partial charge in [-0.05, 0) is 24.1 Å². The molecule has 4 heteroatoms. The van der Waals surface area contributed by atoms with Gasteiger partial charge >= 0.3 is 5.97 Å². The van der Waals surface area contributed by atoms with Gasteiger partial charge in [0.05, 0.1) is 0 Å². The molecule has 2 rings (SSSR count). The van der Waals surface area contributed by atoms with E-state index in [2.05, 4.69) is 24.0 Å². The Morgan fingerprint density at radius 1 is 1.58 bits per heavy atom. The summed E-state index contributed by atoms with van der Waals surface area (Å²) < 4.78 is 0. The van der Waals surface area contributed by atoms with Crippen molar-refractivity contribution in [2.24, 2.45) is 0 Å². The molecular weight excluding hydrogens is 258 g/mol. The Morgan fingerprint density at radius 2 is 2.42 bits per heavy atom. The number of carboxylic acid groups (broad SMARTS) is 1. The molecule has 0 bridgehead atoms. The number of carboxylic acids is 1. The molecule has 0 saturated carbocycles. The van der Waals surface area contributed by atoms with Gasteiger partial charge < -0.3 is 5.11 Å². The fourth-order valence-corrected chi connectivity index (χ4v) is 3.28. The summed E-state index contributed by atoms with van der Waals surface area (Å²) in [5.41, 5.74) is 2.19. The molecule has 1 aromatic rings. The predicted octanol–water partition coefficient (Wildman–Crippen LogP) is 2.72. The molecule has 1 saturated heterocycles. The predicted molar refractivity (Wildman–Crippen MR) is 80.3 cm³/mol. The lowest BCUT2D eigenvalue weighted by molar-refractivity contribution is -0.131. The topological polar surface area (TPSA) is 40.5 Å². The molecule has 0 aromatic heterocycles. The van der Waals surface area contributed by atoms with Crippen LogP contribution < -0.4 is 0 Å². The Labute approximate surface area is 118 Å². The van der Waals surface area contributed by atoms with Crippen LogP contribution in [-0.4, -0.2) is 40.1 Å². The van der Waals surface area contributed by atoms with E-state index in [0.29, 0.717) is 6.04 Å². The van der Waals surface area contributed by atoms with Gasteiger partial charge in [-0.3, -0.25) is 4.90 Å². The molecule has 1 N–H and O–H groups in total. The Bertz CT molecular complexity index is 473. The van der Waals surface area contributed by atoms with Crippen molar-refractivity contribution < 1.29 is 9.90 Å². The number of aliphatic carboxylic acids is 1. The van der Waals surface area contributed by atoms with E-state index in [9.17, 15) is 4.79 Å². The molecule has 1 heterocycles. The Balaban J connectivity index is 2.04. The zero-order valence-corrected chi connectivity index (χ0v) is 11.9. The van der Waals surface area contributed by atoms with Crippen LogP contribution >= 0.6 is 11.8 Å².